The van der Waals surface area contributed by atoms with Gasteiger partial charge in [-0.2, -0.15) is 0 Å². The fraction of sp³-hybridized carbons (Fsp3) is 0.619. The molecule has 8 heteroatoms. The molecule has 0 radical (unpaired) electrons. The predicted octanol–water partition coefficient (Wildman–Crippen LogP) is 1.40. The Morgan fingerprint density at radius 3 is 2.28 bits per heavy atom. The first kappa shape index (κ1) is 20.6. The number of piperidine rings is 1. The zero-order chi connectivity index (χ0) is 20.2. The smallest absolute Gasteiger partial charge is 0.241 e. The van der Waals surface area contributed by atoms with Gasteiger partial charge in [-0.05, 0) is 43.4 Å². The van der Waals surface area contributed by atoms with E-state index in [1.807, 2.05) is 34.1 Å². The number of benzene rings is 1. The van der Waals surface area contributed by atoms with E-state index in [-0.39, 0.29) is 23.9 Å². The van der Waals surface area contributed by atoms with Gasteiger partial charge in [0.2, 0.25) is 11.8 Å². The number of hydrogen-bond acceptors (Lipinski definition) is 5. The Morgan fingerprint density at radius 2 is 1.59 bits per heavy atom. The zero-order valence-electron chi connectivity index (χ0n) is 16.8. The molecule has 2 unspecified atom stereocenters. The Bertz CT molecular complexity index is 714. The molecule has 2 atom stereocenters. The van der Waals surface area contributed by atoms with Crippen molar-refractivity contribution in [3.8, 4) is 0 Å². The Balaban J connectivity index is 1.23. The van der Waals surface area contributed by atoms with Crippen LogP contribution < -0.4 is 10.9 Å². The average Bonchev–Trinajstić information content (AvgIpc) is 3.25. The molecule has 0 bridgehead atoms. The lowest BCUT2D eigenvalue weighted by Gasteiger charge is -2.36. The van der Waals surface area contributed by atoms with Gasteiger partial charge in [-0.1, -0.05) is 23.7 Å². The van der Waals surface area contributed by atoms with Crippen molar-refractivity contribution >= 4 is 23.4 Å². The van der Waals surface area contributed by atoms with Crippen LogP contribution in [-0.2, 0) is 9.59 Å². The molecule has 0 aromatic heterocycles. The fourth-order valence-electron chi connectivity index (χ4n) is 4.41. The van der Waals surface area contributed by atoms with E-state index in [4.69, 9.17) is 11.6 Å². The molecule has 3 aliphatic heterocycles. The normalized spacial score (nSPS) is 26.0. The zero-order valence-corrected chi connectivity index (χ0v) is 17.5. The third kappa shape index (κ3) is 5.09. The van der Waals surface area contributed by atoms with Crippen molar-refractivity contribution in [3.05, 3.63) is 34.9 Å². The Morgan fingerprint density at radius 1 is 0.897 bits per heavy atom. The summed E-state index contributed by atoms with van der Waals surface area (Å²) in [7, 11) is 0. The van der Waals surface area contributed by atoms with Crippen LogP contribution in [-0.4, -0.2) is 78.4 Å². The lowest BCUT2D eigenvalue weighted by Crippen LogP contribution is -2.55. The molecule has 3 fully saturated rings. The number of hydrazine groups is 1. The van der Waals surface area contributed by atoms with E-state index in [1.165, 1.54) is 6.42 Å². The summed E-state index contributed by atoms with van der Waals surface area (Å²) in [4.78, 5) is 31.5. The van der Waals surface area contributed by atoms with E-state index in [0.717, 1.165) is 44.6 Å². The average molecular weight is 420 g/mol. The second kappa shape index (κ2) is 9.43. The van der Waals surface area contributed by atoms with Gasteiger partial charge in [0.25, 0.3) is 0 Å². The van der Waals surface area contributed by atoms with Gasteiger partial charge in [0.15, 0.2) is 0 Å². The summed E-state index contributed by atoms with van der Waals surface area (Å²) < 4.78 is 0. The molecule has 2 N–H and O–H groups in total. The quantitative estimate of drug-likeness (QED) is 0.772. The van der Waals surface area contributed by atoms with Crippen molar-refractivity contribution in [2.45, 2.75) is 37.8 Å². The standard InChI is InChI=1S/C21H30ClN5O2/c22-17-6-4-16(5-7-17)18-14-19(24-23-18)21(29)27-12-10-25(11-13-27)15-20(28)26-8-2-1-3-9-26/h4-7,18-19,23-24H,1-3,8-15H2. The minimum atomic E-state index is -0.225. The lowest BCUT2D eigenvalue weighted by molar-refractivity contribution is -0.136. The summed E-state index contributed by atoms with van der Waals surface area (Å²) in [5, 5.41) is 0.712. The monoisotopic (exact) mass is 419 g/mol. The first-order valence-electron chi connectivity index (χ1n) is 10.7. The molecule has 4 rings (SSSR count). The van der Waals surface area contributed by atoms with Gasteiger partial charge >= 0.3 is 0 Å². The minimum absolute atomic E-state index is 0.102. The number of carbonyl (C=O) groups excluding carboxylic acids is 2. The van der Waals surface area contributed by atoms with E-state index in [1.54, 1.807) is 0 Å². The number of rotatable bonds is 4. The molecule has 0 saturated carbocycles. The summed E-state index contributed by atoms with van der Waals surface area (Å²) in [6.45, 7) is 5.13. The molecule has 29 heavy (non-hydrogen) atoms. The highest BCUT2D eigenvalue weighted by molar-refractivity contribution is 6.30. The summed E-state index contributed by atoms with van der Waals surface area (Å²) >= 11 is 5.96. The third-order valence-corrected chi connectivity index (χ3v) is 6.48. The largest absolute Gasteiger partial charge is 0.342 e. The predicted molar refractivity (Wildman–Crippen MR) is 112 cm³/mol. The maximum Gasteiger partial charge on any atom is 0.241 e. The number of nitrogens with zero attached hydrogens (tertiary/aromatic N) is 3. The minimum Gasteiger partial charge on any atom is -0.342 e. The van der Waals surface area contributed by atoms with Crippen LogP contribution in [0.1, 0.15) is 37.3 Å². The molecule has 158 valence electrons. The van der Waals surface area contributed by atoms with Gasteiger partial charge in [-0.3, -0.25) is 14.5 Å². The first-order chi connectivity index (χ1) is 14.1. The van der Waals surface area contributed by atoms with Crippen molar-refractivity contribution < 1.29 is 9.59 Å². The van der Waals surface area contributed by atoms with E-state index in [9.17, 15) is 9.59 Å². The summed E-state index contributed by atoms with van der Waals surface area (Å²) in [6.07, 6.45) is 4.18. The van der Waals surface area contributed by atoms with Crippen LogP contribution in [0.2, 0.25) is 5.02 Å². The molecule has 1 aromatic rings. The van der Waals surface area contributed by atoms with Crippen molar-refractivity contribution in [2.75, 3.05) is 45.8 Å². The highest BCUT2D eigenvalue weighted by Gasteiger charge is 2.34. The topological polar surface area (TPSA) is 67.9 Å². The first-order valence-corrected chi connectivity index (χ1v) is 11.0. The molecule has 0 aliphatic carbocycles. The molecule has 3 saturated heterocycles. The fourth-order valence-corrected chi connectivity index (χ4v) is 4.54. The summed E-state index contributed by atoms with van der Waals surface area (Å²) in [6, 6.07) is 7.61. The Kier molecular flexibility index (Phi) is 6.70. The lowest BCUT2D eigenvalue weighted by atomic mass is 10.0. The third-order valence-electron chi connectivity index (χ3n) is 6.23. The summed E-state index contributed by atoms with van der Waals surface area (Å²) in [5.41, 5.74) is 7.51. The molecule has 0 spiro atoms. The van der Waals surface area contributed by atoms with Crippen LogP contribution in [0.15, 0.2) is 24.3 Å². The number of nitrogens with one attached hydrogen (secondary N) is 2. The van der Waals surface area contributed by atoms with Crippen LogP contribution in [0.3, 0.4) is 0 Å². The number of halogens is 1. The maximum atomic E-state index is 12.9. The number of likely N-dealkylation sites (tertiary alicyclic amines) is 1. The Hall–Kier alpha value is -1.67. The second-order valence-corrected chi connectivity index (χ2v) is 8.66. The number of hydrogen-bond donors (Lipinski definition) is 2. The number of carbonyl (C=O) groups is 2. The van der Waals surface area contributed by atoms with Gasteiger partial charge in [-0.25, -0.2) is 10.9 Å². The van der Waals surface area contributed by atoms with Crippen LogP contribution in [0.25, 0.3) is 0 Å². The van der Waals surface area contributed by atoms with Gasteiger partial charge in [0.05, 0.1) is 6.54 Å². The van der Waals surface area contributed by atoms with Crippen LogP contribution in [0.5, 0.6) is 0 Å². The van der Waals surface area contributed by atoms with Gasteiger partial charge in [0.1, 0.15) is 6.04 Å². The van der Waals surface area contributed by atoms with E-state index in [0.29, 0.717) is 31.1 Å². The van der Waals surface area contributed by atoms with Crippen LogP contribution >= 0.6 is 11.6 Å². The molecular weight excluding hydrogens is 390 g/mol. The van der Waals surface area contributed by atoms with Crippen molar-refractivity contribution in [1.29, 1.82) is 0 Å². The molecule has 1 aromatic carbocycles. The van der Waals surface area contributed by atoms with E-state index >= 15 is 0 Å². The van der Waals surface area contributed by atoms with Crippen molar-refractivity contribution in [1.82, 2.24) is 25.6 Å². The maximum absolute atomic E-state index is 12.9. The van der Waals surface area contributed by atoms with Crippen molar-refractivity contribution in [2.24, 2.45) is 0 Å². The molecule has 7 nitrogen and oxygen atoms in total. The molecule has 2 amide bonds. The highest BCUT2D eigenvalue weighted by atomic mass is 35.5. The van der Waals surface area contributed by atoms with Gasteiger partial charge in [-0.15, -0.1) is 0 Å². The number of piperazine rings is 1. The Labute approximate surface area is 177 Å². The molecule has 3 aliphatic rings. The summed E-state index contributed by atoms with van der Waals surface area (Å²) in [5.74, 6) is 0.368. The molecule has 3 heterocycles. The van der Waals surface area contributed by atoms with Crippen LogP contribution in [0.4, 0.5) is 0 Å². The van der Waals surface area contributed by atoms with Gasteiger partial charge in [0, 0.05) is 50.3 Å². The second-order valence-electron chi connectivity index (χ2n) is 8.22. The van der Waals surface area contributed by atoms with Crippen LogP contribution in [0, 0.1) is 0 Å². The van der Waals surface area contributed by atoms with Gasteiger partial charge < -0.3 is 9.80 Å². The molecular formula is C21H30ClN5O2. The highest BCUT2D eigenvalue weighted by Crippen LogP contribution is 2.24. The SMILES string of the molecule is O=C(CN1CCN(C(=O)C2CC(c3ccc(Cl)cc3)NN2)CC1)N1CCCCC1. The number of amides is 2. The van der Waals surface area contributed by atoms with E-state index in [2.05, 4.69) is 15.8 Å². The van der Waals surface area contributed by atoms with E-state index < -0.39 is 0 Å². The van der Waals surface area contributed by atoms with Crippen molar-refractivity contribution in [3.63, 3.8) is 0 Å².